The Bertz CT molecular complexity index is 424. The summed E-state index contributed by atoms with van der Waals surface area (Å²) in [5.41, 5.74) is 0.704. The SMILES string of the molecule is CNC(C)CNC(=O)CCCc1ccc(F)c(F)c1. The van der Waals surface area contributed by atoms with Gasteiger partial charge in [-0.3, -0.25) is 4.79 Å². The molecule has 1 unspecified atom stereocenters. The fourth-order valence-corrected chi connectivity index (χ4v) is 1.61. The Labute approximate surface area is 112 Å². The number of hydrogen-bond donors (Lipinski definition) is 2. The first-order chi connectivity index (χ1) is 9.02. The summed E-state index contributed by atoms with van der Waals surface area (Å²) in [5, 5.41) is 5.83. The normalized spacial score (nSPS) is 12.2. The van der Waals surface area contributed by atoms with Crippen molar-refractivity contribution in [3.05, 3.63) is 35.4 Å². The van der Waals surface area contributed by atoms with Gasteiger partial charge in [0.1, 0.15) is 0 Å². The van der Waals surface area contributed by atoms with Crippen molar-refractivity contribution in [2.45, 2.75) is 32.2 Å². The second kappa shape index (κ2) is 7.84. The molecule has 3 nitrogen and oxygen atoms in total. The third kappa shape index (κ3) is 5.79. The predicted octanol–water partition coefficient (Wildman–Crippen LogP) is 2.01. The molecule has 1 rings (SSSR count). The van der Waals surface area contributed by atoms with Crippen LogP contribution in [0.5, 0.6) is 0 Å². The molecule has 1 amide bonds. The van der Waals surface area contributed by atoms with Crippen LogP contribution in [-0.4, -0.2) is 25.5 Å². The van der Waals surface area contributed by atoms with Gasteiger partial charge in [0.05, 0.1) is 0 Å². The molecule has 1 aromatic carbocycles. The van der Waals surface area contributed by atoms with E-state index in [0.29, 0.717) is 31.4 Å². The number of carbonyl (C=O) groups is 1. The maximum absolute atomic E-state index is 13.0. The van der Waals surface area contributed by atoms with Crippen LogP contribution in [0.25, 0.3) is 0 Å². The van der Waals surface area contributed by atoms with Crippen LogP contribution in [0.3, 0.4) is 0 Å². The molecular weight excluding hydrogens is 250 g/mol. The van der Waals surface area contributed by atoms with Crippen LogP contribution >= 0.6 is 0 Å². The molecule has 0 heterocycles. The highest BCUT2D eigenvalue weighted by molar-refractivity contribution is 5.75. The largest absolute Gasteiger partial charge is 0.355 e. The van der Waals surface area contributed by atoms with E-state index in [4.69, 9.17) is 0 Å². The summed E-state index contributed by atoms with van der Waals surface area (Å²) in [6.45, 7) is 2.56. The lowest BCUT2D eigenvalue weighted by Crippen LogP contribution is -2.37. The molecule has 2 N–H and O–H groups in total. The highest BCUT2D eigenvalue weighted by Crippen LogP contribution is 2.11. The zero-order valence-electron chi connectivity index (χ0n) is 11.3. The van der Waals surface area contributed by atoms with Gasteiger partial charge in [0.15, 0.2) is 11.6 Å². The minimum Gasteiger partial charge on any atom is -0.355 e. The number of rotatable bonds is 7. The quantitative estimate of drug-likeness (QED) is 0.796. The van der Waals surface area contributed by atoms with Gasteiger partial charge in [0.2, 0.25) is 5.91 Å². The molecule has 0 fully saturated rings. The van der Waals surface area contributed by atoms with Crippen molar-refractivity contribution in [2.24, 2.45) is 0 Å². The Morgan fingerprint density at radius 3 is 2.68 bits per heavy atom. The minimum atomic E-state index is -0.845. The Morgan fingerprint density at radius 1 is 1.32 bits per heavy atom. The fourth-order valence-electron chi connectivity index (χ4n) is 1.61. The monoisotopic (exact) mass is 270 g/mol. The van der Waals surface area contributed by atoms with Gasteiger partial charge in [-0.2, -0.15) is 0 Å². The van der Waals surface area contributed by atoms with Gasteiger partial charge in [0.25, 0.3) is 0 Å². The van der Waals surface area contributed by atoms with Crippen molar-refractivity contribution in [1.29, 1.82) is 0 Å². The van der Waals surface area contributed by atoms with Crippen molar-refractivity contribution >= 4 is 5.91 Å². The summed E-state index contributed by atoms with van der Waals surface area (Å²) in [5.74, 6) is -1.71. The van der Waals surface area contributed by atoms with Gasteiger partial charge < -0.3 is 10.6 Å². The molecule has 0 aromatic heterocycles. The zero-order valence-corrected chi connectivity index (χ0v) is 11.3. The van der Waals surface area contributed by atoms with Gasteiger partial charge in [-0.05, 0) is 44.5 Å². The molecule has 19 heavy (non-hydrogen) atoms. The molecule has 0 bridgehead atoms. The van der Waals surface area contributed by atoms with Gasteiger partial charge in [0, 0.05) is 19.0 Å². The van der Waals surface area contributed by atoms with E-state index >= 15 is 0 Å². The summed E-state index contributed by atoms with van der Waals surface area (Å²) in [6, 6.07) is 4.06. The lowest BCUT2D eigenvalue weighted by atomic mass is 10.1. The van der Waals surface area contributed by atoms with Crippen LogP contribution in [0.4, 0.5) is 8.78 Å². The number of amides is 1. The number of aryl methyl sites for hydroxylation is 1. The van der Waals surface area contributed by atoms with Crippen LogP contribution in [0, 0.1) is 11.6 Å². The number of halogens is 2. The van der Waals surface area contributed by atoms with Crippen LogP contribution in [0.2, 0.25) is 0 Å². The van der Waals surface area contributed by atoms with Gasteiger partial charge in [-0.15, -0.1) is 0 Å². The van der Waals surface area contributed by atoms with Crippen LogP contribution < -0.4 is 10.6 Å². The third-order valence-corrected chi connectivity index (χ3v) is 2.95. The molecule has 0 aliphatic heterocycles. The Balaban J connectivity index is 2.26. The first-order valence-corrected chi connectivity index (χ1v) is 6.41. The number of benzene rings is 1. The summed E-state index contributed by atoms with van der Waals surface area (Å²) in [6.07, 6.45) is 1.56. The predicted molar refractivity (Wildman–Crippen MR) is 70.8 cm³/mol. The van der Waals surface area contributed by atoms with Crippen LogP contribution in [0.1, 0.15) is 25.3 Å². The summed E-state index contributed by atoms with van der Waals surface area (Å²) in [7, 11) is 1.83. The Kier molecular flexibility index (Phi) is 6.42. The maximum Gasteiger partial charge on any atom is 0.220 e. The lowest BCUT2D eigenvalue weighted by Gasteiger charge is -2.11. The van der Waals surface area contributed by atoms with E-state index in [1.807, 2.05) is 14.0 Å². The zero-order chi connectivity index (χ0) is 14.3. The average molecular weight is 270 g/mol. The van der Waals surface area contributed by atoms with E-state index in [-0.39, 0.29) is 11.9 Å². The number of likely N-dealkylation sites (N-methyl/N-ethyl adjacent to an activating group) is 1. The number of nitrogens with one attached hydrogen (secondary N) is 2. The molecule has 1 aromatic rings. The van der Waals surface area contributed by atoms with Gasteiger partial charge in [-0.25, -0.2) is 8.78 Å². The standard InChI is InChI=1S/C14H20F2N2O/c1-10(17-2)9-18-14(19)5-3-4-11-6-7-12(15)13(16)8-11/h6-8,10,17H,3-5,9H2,1-2H3,(H,18,19). The van der Waals surface area contributed by atoms with Crippen molar-refractivity contribution in [2.75, 3.05) is 13.6 Å². The molecule has 0 aliphatic carbocycles. The second-order valence-electron chi connectivity index (χ2n) is 4.60. The van der Waals surface area contributed by atoms with E-state index < -0.39 is 11.6 Å². The van der Waals surface area contributed by atoms with Crippen molar-refractivity contribution in [1.82, 2.24) is 10.6 Å². The van der Waals surface area contributed by atoms with E-state index in [1.54, 1.807) is 6.07 Å². The summed E-state index contributed by atoms with van der Waals surface area (Å²) in [4.78, 5) is 11.5. The van der Waals surface area contributed by atoms with Crippen LogP contribution in [-0.2, 0) is 11.2 Å². The maximum atomic E-state index is 13.0. The highest BCUT2D eigenvalue weighted by Gasteiger charge is 2.05. The van der Waals surface area contributed by atoms with E-state index in [0.717, 1.165) is 6.07 Å². The third-order valence-electron chi connectivity index (χ3n) is 2.95. The topological polar surface area (TPSA) is 41.1 Å². The molecule has 0 radical (unpaired) electrons. The van der Waals surface area contributed by atoms with Crippen molar-refractivity contribution in [3.8, 4) is 0 Å². The molecule has 1 atom stereocenters. The van der Waals surface area contributed by atoms with Gasteiger partial charge >= 0.3 is 0 Å². The second-order valence-corrected chi connectivity index (χ2v) is 4.60. The smallest absolute Gasteiger partial charge is 0.220 e. The number of hydrogen-bond acceptors (Lipinski definition) is 2. The first-order valence-electron chi connectivity index (χ1n) is 6.41. The lowest BCUT2D eigenvalue weighted by molar-refractivity contribution is -0.121. The minimum absolute atomic E-state index is 0.0234. The molecule has 5 heteroatoms. The molecular formula is C14H20F2N2O. The molecule has 0 aliphatic rings. The van der Waals surface area contributed by atoms with E-state index in [2.05, 4.69) is 10.6 Å². The highest BCUT2D eigenvalue weighted by atomic mass is 19.2. The summed E-state index contributed by atoms with van der Waals surface area (Å²) >= 11 is 0. The molecule has 0 saturated carbocycles. The number of carbonyl (C=O) groups excluding carboxylic acids is 1. The van der Waals surface area contributed by atoms with E-state index in [1.165, 1.54) is 6.07 Å². The molecule has 0 spiro atoms. The average Bonchev–Trinajstić information content (AvgIpc) is 2.40. The van der Waals surface area contributed by atoms with Crippen molar-refractivity contribution < 1.29 is 13.6 Å². The van der Waals surface area contributed by atoms with Crippen LogP contribution in [0.15, 0.2) is 18.2 Å². The Hall–Kier alpha value is -1.49. The summed E-state index contributed by atoms with van der Waals surface area (Å²) < 4.78 is 25.7. The van der Waals surface area contributed by atoms with Gasteiger partial charge in [-0.1, -0.05) is 6.07 Å². The van der Waals surface area contributed by atoms with E-state index in [9.17, 15) is 13.6 Å². The first kappa shape index (κ1) is 15.6. The molecule has 0 saturated heterocycles. The van der Waals surface area contributed by atoms with Crippen molar-refractivity contribution in [3.63, 3.8) is 0 Å². The fraction of sp³-hybridized carbons (Fsp3) is 0.500. The Morgan fingerprint density at radius 2 is 2.05 bits per heavy atom. The molecule has 106 valence electrons.